The minimum absolute atomic E-state index is 0.232. The Labute approximate surface area is 119 Å². The van der Waals surface area contributed by atoms with Gasteiger partial charge in [-0.2, -0.15) is 0 Å². The summed E-state index contributed by atoms with van der Waals surface area (Å²) in [5.41, 5.74) is 8.04. The molecule has 102 valence electrons. The summed E-state index contributed by atoms with van der Waals surface area (Å²) in [6.07, 6.45) is 1.48. The maximum absolute atomic E-state index is 5.98. The summed E-state index contributed by atoms with van der Waals surface area (Å²) in [5, 5.41) is 4.04. The van der Waals surface area contributed by atoms with Crippen LogP contribution in [0.15, 0.2) is 45.5 Å². The second-order valence-corrected chi connectivity index (χ2v) is 4.45. The van der Waals surface area contributed by atoms with Gasteiger partial charge in [0.05, 0.1) is 24.5 Å². The van der Waals surface area contributed by atoms with E-state index in [1.165, 1.54) is 6.26 Å². The summed E-state index contributed by atoms with van der Waals surface area (Å²) in [5.74, 6) is 1.53. The van der Waals surface area contributed by atoms with Gasteiger partial charge in [-0.05, 0) is 35.4 Å². The van der Waals surface area contributed by atoms with Crippen LogP contribution in [0.1, 0.15) is 0 Å². The molecule has 5 nitrogen and oxygen atoms in total. The van der Waals surface area contributed by atoms with Gasteiger partial charge in [-0.25, -0.2) is 0 Å². The molecule has 0 amide bonds. The molecule has 2 N–H and O–H groups in total. The largest absolute Gasteiger partial charge is 0.497 e. The van der Waals surface area contributed by atoms with Gasteiger partial charge in [-0.3, -0.25) is 0 Å². The zero-order valence-corrected chi connectivity index (χ0v) is 11.3. The zero-order chi connectivity index (χ0) is 14.1. The lowest BCUT2D eigenvalue weighted by atomic mass is 10.0. The van der Waals surface area contributed by atoms with E-state index in [0.29, 0.717) is 22.7 Å². The number of rotatable bonds is 3. The Morgan fingerprint density at radius 2 is 1.95 bits per heavy atom. The number of nitrogens with zero attached hydrogens (tertiary/aromatic N) is 1. The molecule has 1 aromatic carbocycles. The number of furan rings is 1. The molecule has 6 heteroatoms. The summed E-state index contributed by atoms with van der Waals surface area (Å²) in [4.78, 5) is 0. The molecule has 0 aliphatic rings. The molecule has 0 aliphatic heterocycles. The molecule has 0 saturated heterocycles. The quantitative estimate of drug-likeness (QED) is 0.793. The summed E-state index contributed by atoms with van der Waals surface area (Å²) in [6, 6.07) is 9.12. The number of ether oxygens (including phenoxy) is 1. The van der Waals surface area contributed by atoms with Crippen molar-refractivity contribution in [2.24, 2.45) is 0 Å². The molecule has 0 radical (unpaired) electrons. The maximum atomic E-state index is 5.98. The Hall–Kier alpha value is -2.40. The third kappa shape index (κ3) is 2.02. The first-order valence-electron chi connectivity index (χ1n) is 5.83. The van der Waals surface area contributed by atoms with Crippen molar-refractivity contribution in [2.75, 3.05) is 12.8 Å². The Balaban J connectivity index is 2.13. The third-order valence-electron chi connectivity index (χ3n) is 2.96. The highest BCUT2D eigenvalue weighted by Gasteiger charge is 2.21. The molecule has 20 heavy (non-hydrogen) atoms. The van der Waals surface area contributed by atoms with Crippen LogP contribution in [0.5, 0.6) is 5.75 Å². The van der Waals surface area contributed by atoms with Gasteiger partial charge in [-0.1, -0.05) is 17.3 Å². The van der Waals surface area contributed by atoms with Crippen molar-refractivity contribution < 1.29 is 13.7 Å². The van der Waals surface area contributed by atoms with Gasteiger partial charge in [0.2, 0.25) is 5.22 Å². The van der Waals surface area contributed by atoms with Crippen LogP contribution in [-0.4, -0.2) is 12.3 Å². The van der Waals surface area contributed by atoms with Crippen LogP contribution >= 0.6 is 11.6 Å². The number of nitrogens with two attached hydrogens (primary N) is 1. The molecule has 2 aromatic heterocycles. The van der Waals surface area contributed by atoms with Crippen LogP contribution < -0.4 is 10.5 Å². The molecule has 0 unspecified atom stereocenters. The van der Waals surface area contributed by atoms with Crippen LogP contribution in [0.2, 0.25) is 5.22 Å². The van der Waals surface area contributed by atoms with E-state index < -0.39 is 0 Å². The number of anilines is 1. The van der Waals surface area contributed by atoms with Gasteiger partial charge < -0.3 is 19.4 Å². The molecule has 0 spiro atoms. The second-order valence-electron chi connectivity index (χ2n) is 4.11. The van der Waals surface area contributed by atoms with Crippen molar-refractivity contribution in [3.05, 3.63) is 41.8 Å². The topological polar surface area (TPSA) is 74.4 Å². The molecular weight excluding hydrogens is 280 g/mol. The molecule has 0 aliphatic carbocycles. The van der Waals surface area contributed by atoms with Gasteiger partial charge in [0.25, 0.3) is 0 Å². The Kier molecular flexibility index (Phi) is 3.12. The maximum Gasteiger partial charge on any atom is 0.204 e. The lowest BCUT2D eigenvalue weighted by molar-refractivity contribution is 0.415. The number of halogens is 1. The highest BCUT2D eigenvalue weighted by atomic mass is 35.5. The van der Waals surface area contributed by atoms with E-state index >= 15 is 0 Å². The molecule has 2 heterocycles. The molecule has 3 rings (SSSR count). The summed E-state index contributed by atoms with van der Waals surface area (Å²) < 4.78 is 15.5. The average molecular weight is 291 g/mol. The molecule has 0 fully saturated rings. The standard InChI is InChI=1S/C14H11ClN2O3/c1-18-9-4-2-8(3-5-9)11-12(20-17-14(11)16)10-6-7-19-13(10)15/h2-7H,1H3,(H2,16,17). The van der Waals surface area contributed by atoms with E-state index in [1.54, 1.807) is 13.2 Å². The highest BCUT2D eigenvalue weighted by molar-refractivity contribution is 6.31. The molecule has 3 aromatic rings. The minimum atomic E-state index is 0.232. The van der Waals surface area contributed by atoms with Gasteiger partial charge in [-0.15, -0.1) is 0 Å². The van der Waals surface area contributed by atoms with Crippen LogP contribution in [0.4, 0.5) is 5.82 Å². The SMILES string of the molecule is COc1ccc(-c2c(N)noc2-c2ccoc2Cl)cc1. The van der Waals surface area contributed by atoms with E-state index in [0.717, 1.165) is 11.3 Å². The van der Waals surface area contributed by atoms with Gasteiger partial charge >= 0.3 is 0 Å². The van der Waals surface area contributed by atoms with Crippen LogP contribution in [-0.2, 0) is 0 Å². The molecule has 0 saturated carbocycles. The third-order valence-corrected chi connectivity index (χ3v) is 3.25. The van der Waals surface area contributed by atoms with E-state index in [2.05, 4.69) is 5.16 Å². The Bertz CT molecular complexity index is 731. The van der Waals surface area contributed by atoms with Crippen LogP contribution in [0, 0.1) is 0 Å². The van der Waals surface area contributed by atoms with Gasteiger partial charge in [0, 0.05) is 0 Å². The number of hydrogen-bond donors (Lipinski definition) is 1. The van der Waals surface area contributed by atoms with E-state index in [1.807, 2.05) is 24.3 Å². The first-order valence-corrected chi connectivity index (χ1v) is 6.21. The summed E-state index contributed by atoms with van der Waals surface area (Å²) in [7, 11) is 1.61. The molecule has 0 bridgehead atoms. The smallest absolute Gasteiger partial charge is 0.204 e. The fourth-order valence-corrected chi connectivity index (χ4v) is 2.18. The zero-order valence-electron chi connectivity index (χ0n) is 10.6. The lowest BCUT2D eigenvalue weighted by Gasteiger charge is -2.03. The molecular formula is C14H11ClN2O3. The fourth-order valence-electron chi connectivity index (χ4n) is 1.98. The monoisotopic (exact) mass is 290 g/mol. The van der Waals surface area contributed by atoms with Crippen molar-refractivity contribution in [1.29, 1.82) is 0 Å². The van der Waals surface area contributed by atoms with Gasteiger partial charge in [0.1, 0.15) is 5.75 Å². The lowest BCUT2D eigenvalue weighted by Crippen LogP contribution is -1.89. The number of hydrogen-bond acceptors (Lipinski definition) is 5. The van der Waals surface area contributed by atoms with Crippen molar-refractivity contribution in [2.45, 2.75) is 0 Å². The normalized spacial score (nSPS) is 10.7. The van der Waals surface area contributed by atoms with E-state index in [4.69, 9.17) is 31.0 Å². The van der Waals surface area contributed by atoms with Crippen LogP contribution in [0.25, 0.3) is 22.5 Å². The predicted octanol–water partition coefficient (Wildman–Crippen LogP) is 3.85. The average Bonchev–Trinajstić information content (AvgIpc) is 3.05. The van der Waals surface area contributed by atoms with Crippen molar-refractivity contribution in [1.82, 2.24) is 5.16 Å². The number of benzene rings is 1. The highest BCUT2D eigenvalue weighted by Crippen LogP contribution is 2.40. The first-order chi connectivity index (χ1) is 9.70. The van der Waals surface area contributed by atoms with Crippen molar-refractivity contribution in [3.63, 3.8) is 0 Å². The predicted molar refractivity (Wildman–Crippen MR) is 75.6 cm³/mol. The summed E-state index contributed by atoms with van der Waals surface area (Å²) in [6.45, 7) is 0. The second kappa shape index (κ2) is 4.94. The first kappa shape index (κ1) is 12.6. The Morgan fingerprint density at radius 3 is 2.55 bits per heavy atom. The number of methoxy groups -OCH3 is 1. The Morgan fingerprint density at radius 1 is 1.20 bits per heavy atom. The van der Waals surface area contributed by atoms with Crippen molar-refractivity contribution >= 4 is 17.4 Å². The van der Waals surface area contributed by atoms with Crippen LogP contribution in [0.3, 0.4) is 0 Å². The minimum Gasteiger partial charge on any atom is -0.497 e. The number of aromatic nitrogens is 1. The molecule has 0 atom stereocenters. The van der Waals surface area contributed by atoms with Crippen molar-refractivity contribution in [3.8, 4) is 28.2 Å². The summed E-state index contributed by atoms with van der Waals surface area (Å²) >= 11 is 5.98. The van der Waals surface area contributed by atoms with E-state index in [-0.39, 0.29) is 5.22 Å². The van der Waals surface area contributed by atoms with Gasteiger partial charge in [0.15, 0.2) is 11.6 Å². The fraction of sp³-hybridized carbons (Fsp3) is 0.0714. The number of nitrogen functional groups attached to an aromatic ring is 1. The van der Waals surface area contributed by atoms with E-state index in [9.17, 15) is 0 Å².